The van der Waals surface area contributed by atoms with Crippen molar-refractivity contribution in [3.8, 4) is 0 Å². The smallest absolute Gasteiger partial charge is 0.173 e. The quantitative estimate of drug-likeness (QED) is 0.602. The number of fused-ring (bicyclic) bond motifs is 2. The number of carbonyl (C=O) groups is 2. The molecule has 76 valence electrons. The first-order valence-corrected chi connectivity index (χ1v) is 5.43. The van der Waals surface area contributed by atoms with Crippen molar-refractivity contribution in [2.75, 3.05) is 0 Å². The Morgan fingerprint density at radius 1 is 1.07 bits per heavy atom. The van der Waals surface area contributed by atoms with Gasteiger partial charge in [-0.05, 0) is 24.3 Å². The van der Waals surface area contributed by atoms with Gasteiger partial charge in [-0.1, -0.05) is 24.3 Å². The molecule has 1 aromatic carbocycles. The summed E-state index contributed by atoms with van der Waals surface area (Å²) < 4.78 is 0. The number of hydrogen-bond donors (Lipinski definition) is 0. The third kappa shape index (κ3) is 1.17. The van der Waals surface area contributed by atoms with Gasteiger partial charge >= 0.3 is 0 Å². The Labute approximate surface area is 88.3 Å². The Morgan fingerprint density at radius 2 is 1.87 bits per heavy atom. The zero-order valence-electron chi connectivity index (χ0n) is 8.40. The lowest BCUT2D eigenvalue weighted by Crippen LogP contribution is -2.25. The first-order chi connectivity index (χ1) is 7.27. The van der Waals surface area contributed by atoms with Crippen molar-refractivity contribution in [2.24, 2.45) is 5.92 Å². The fourth-order valence-corrected chi connectivity index (χ4v) is 2.82. The van der Waals surface area contributed by atoms with Gasteiger partial charge in [-0.2, -0.15) is 0 Å². The van der Waals surface area contributed by atoms with Crippen molar-refractivity contribution in [3.63, 3.8) is 0 Å². The highest BCUT2D eigenvalue weighted by molar-refractivity contribution is 6.13. The van der Waals surface area contributed by atoms with Crippen LogP contribution >= 0.6 is 0 Å². The minimum absolute atomic E-state index is 0.0515. The van der Waals surface area contributed by atoms with Crippen LogP contribution in [0.5, 0.6) is 0 Å². The molecule has 0 heterocycles. The van der Waals surface area contributed by atoms with Gasteiger partial charge in [0.1, 0.15) is 5.78 Å². The Balaban J connectivity index is 2.22. The van der Waals surface area contributed by atoms with Crippen LogP contribution in [0.15, 0.2) is 24.3 Å². The average Bonchev–Trinajstić information content (AvgIpc) is 2.45. The molecule has 0 amide bonds. The monoisotopic (exact) mass is 200 g/mol. The number of rotatable bonds is 0. The summed E-state index contributed by atoms with van der Waals surface area (Å²) in [5.41, 5.74) is 1.88. The molecule has 0 spiro atoms. The van der Waals surface area contributed by atoms with E-state index in [4.69, 9.17) is 0 Å². The van der Waals surface area contributed by atoms with Crippen LogP contribution < -0.4 is 0 Å². The molecule has 4 rings (SSSR count). The van der Waals surface area contributed by atoms with Crippen LogP contribution in [-0.4, -0.2) is 11.6 Å². The minimum Gasteiger partial charge on any atom is -0.299 e. The summed E-state index contributed by atoms with van der Waals surface area (Å²) >= 11 is 0. The van der Waals surface area contributed by atoms with Gasteiger partial charge in [-0.3, -0.25) is 9.59 Å². The van der Waals surface area contributed by atoms with Crippen LogP contribution in [-0.2, 0) is 4.79 Å². The van der Waals surface area contributed by atoms with Crippen molar-refractivity contribution < 1.29 is 9.59 Å². The van der Waals surface area contributed by atoms with Crippen LogP contribution in [0.1, 0.15) is 41.1 Å². The lowest BCUT2D eigenvalue weighted by Gasteiger charge is -2.21. The Morgan fingerprint density at radius 3 is 2.67 bits per heavy atom. The molecule has 1 aromatic rings. The number of Topliss-reactive ketones (excluding diaryl/α,β-unsaturated/α-hetero) is 2. The van der Waals surface area contributed by atoms with E-state index < -0.39 is 0 Å². The number of ketones is 2. The van der Waals surface area contributed by atoms with Gasteiger partial charge in [-0.25, -0.2) is 0 Å². The lowest BCUT2D eigenvalue weighted by molar-refractivity contribution is -0.123. The summed E-state index contributed by atoms with van der Waals surface area (Å²) in [7, 11) is 0. The van der Waals surface area contributed by atoms with Crippen molar-refractivity contribution >= 4 is 11.6 Å². The number of benzene rings is 1. The first kappa shape index (κ1) is 8.84. The van der Waals surface area contributed by atoms with E-state index in [1.807, 2.05) is 24.3 Å². The molecule has 0 aliphatic heterocycles. The third-order valence-electron chi connectivity index (χ3n) is 3.62. The van der Waals surface area contributed by atoms with Crippen LogP contribution in [0.3, 0.4) is 0 Å². The Bertz CT molecular complexity index is 448. The van der Waals surface area contributed by atoms with Crippen LogP contribution in [0, 0.1) is 5.92 Å². The molecule has 0 aromatic heterocycles. The third-order valence-corrected chi connectivity index (χ3v) is 3.62. The molecule has 3 aliphatic carbocycles. The van der Waals surface area contributed by atoms with Gasteiger partial charge in [0, 0.05) is 12.0 Å². The van der Waals surface area contributed by atoms with E-state index in [-0.39, 0.29) is 23.4 Å². The second kappa shape index (κ2) is 3.02. The van der Waals surface area contributed by atoms with Crippen molar-refractivity contribution in [2.45, 2.75) is 25.2 Å². The van der Waals surface area contributed by atoms with E-state index in [0.29, 0.717) is 6.42 Å². The van der Waals surface area contributed by atoms with Crippen LogP contribution in [0.2, 0.25) is 0 Å². The minimum atomic E-state index is -0.343. The van der Waals surface area contributed by atoms with E-state index in [1.165, 1.54) is 0 Å². The molecule has 1 saturated carbocycles. The topological polar surface area (TPSA) is 34.1 Å². The fraction of sp³-hybridized carbons (Fsp3) is 0.385. The molecule has 3 aliphatic rings. The van der Waals surface area contributed by atoms with Crippen LogP contribution in [0.25, 0.3) is 0 Å². The fourth-order valence-electron chi connectivity index (χ4n) is 2.82. The normalized spacial score (nSPS) is 28.8. The molecule has 0 saturated heterocycles. The highest BCUT2D eigenvalue weighted by Crippen LogP contribution is 2.40. The molecule has 2 heteroatoms. The highest BCUT2D eigenvalue weighted by Gasteiger charge is 2.39. The van der Waals surface area contributed by atoms with Crippen molar-refractivity contribution in [1.82, 2.24) is 0 Å². The summed E-state index contributed by atoms with van der Waals surface area (Å²) in [6.45, 7) is 0. The zero-order chi connectivity index (χ0) is 10.4. The number of carbonyl (C=O) groups excluding carboxylic acids is 2. The molecule has 0 radical (unpaired) electrons. The van der Waals surface area contributed by atoms with E-state index in [9.17, 15) is 9.59 Å². The molecule has 0 N–H and O–H groups in total. The summed E-state index contributed by atoms with van der Waals surface area (Å²) in [6.07, 6.45) is 2.30. The standard InChI is InChI=1S/C13H12O2/c14-12-7-8-5-6-11(12)13(15)10-4-2-1-3-9(8)10/h1-4,8,11H,5-7H2. The maximum Gasteiger partial charge on any atom is 0.173 e. The summed E-state index contributed by atoms with van der Waals surface area (Å²) in [5.74, 6) is 0.143. The average molecular weight is 200 g/mol. The predicted molar refractivity (Wildman–Crippen MR) is 55.9 cm³/mol. The largest absolute Gasteiger partial charge is 0.299 e. The molecular weight excluding hydrogens is 188 g/mol. The molecule has 15 heavy (non-hydrogen) atoms. The Hall–Kier alpha value is -1.44. The van der Waals surface area contributed by atoms with Gasteiger partial charge in [0.05, 0.1) is 5.92 Å². The van der Waals surface area contributed by atoms with E-state index in [1.54, 1.807) is 0 Å². The maximum absolute atomic E-state index is 12.1. The van der Waals surface area contributed by atoms with E-state index >= 15 is 0 Å². The number of hydrogen-bond acceptors (Lipinski definition) is 2. The second-order valence-electron chi connectivity index (χ2n) is 4.45. The van der Waals surface area contributed by atoms with Gasteiger partial charge in [0.2, 0.25) is 0 Å². The predicted octanol–water partition coefficient (Wildman–Crippen LogP) is 2.34. The van der Waals surface area contributed by atoms with Crippen LogP contribution in [0.4, 0.5) is 0 Å². The van der Waals surface area contributed by atoms with Crippen molar-refractivity contribution in [3.05, 3.63) is 35.4 Å². The second-order valence-corrected chi connectivity index (χ2v) is 4.45. The highest BCUT2D eigenvalue weighted by atomic mass is 16.2. The molecule has 2 atom stereocenters. The van der Waals surface area contributed by atoms with E-state index in [2.05, 4.69) is 0 Å². The molecule has 1 fully saturated rings. The molecule has 2 unspecified atom stereocenters. The lowest BCUT2D eigenvalue weighted by atomic mass is 9.81. The zero-order valence-corrected chi connectivity index (χ0v) is 8.40. The van der Waals surface area contributed by atoms with E-state index in [0.717, 1.165) is 24.0 Å². The SMILES string of the molecule is O=C1CC2CCC1C(=O)c1ccccc12. The van der Waals surface area contributed by atoms with Gasteiger partial charge in [0.15, 0.2) is 5.78 Å². The summed E-state index contributed by atoms with van der Waals surface area (Å²) in [4.78, 5) is 23.8. The first-order valence-electron chi connectivity index (χ1n) is 5.43. The van der Waals surface area contributed by atoms with Gasteiger partial charge in [-0.15, -0.1) is 0 Å². The van der Waals surface area contributed by atoms with Gasteiger partial charge in [0.25, 0.3) is 0 Å². The molecule has 2 bridgehead atoms. The maximum atomic E-state index is 12.1. The molecular formula is C13H12O2. The van der Waals surface area contributed by atoms with Gasteiger partial charge < -0.3 is 0 Å². The summed E-state index contributed by atoms with van der Waals surface area (Å²) in [6, 6.07) is 7.70. The molecule has 2 nitrogen and oxygen atoms in total. The Kier molecular flexibility index (Phi) is 1.78. The summed E-state index contributed by atoms with van der Waals surface area (Å²) in [5, 5.41) is 0. The van der Waals surface area contributed by atoms with Crippen molar-refractivity contribution in [1.29, 1.82) is 0 Å².